The minimum absolute atomic E-state index is 0.00962. The molecule has 1 saturated heterocycles. The second-order valence-corrected chi connectivity index (χ2v) is 5.51. The highest BCUT2D eigenvalue weighted by molar-refractivity contribution is 5.87. The van der Waals surface area contributed by atoms with Crippen LogP contribution in [0, 0.1) is 0 Å². The summed E-state index contributed by atoms with van der Waals surface area (Å²) in [6, 6.07) is 0. The summed E-state index contributed by atoms with van der Waals surface area (Å²) in [5.74, 6) is -0.302. The van der Waals surface area contributed by atoms with Gasteiger partial charge in [-0.05, 0) is 0 Å². The number of carbonyl (C=O) groups excluding carboxylic acids is 1. The number of hydrogen-bond acceptors (Lipinski definition) is 7. The molecule has 0 radical (unpaired) electrons. The van der Waals surface area contributed by atoms with Crippen molar-refractivity contribution >= 4 is 22.8 Å². The lowest BCUT2D eigenvalue weighted by Crippen LogP contribution is -2.47. The number of aliphatic hydroxyl groups is 1. The summed E-state index contributed by atoms with van der Waals surface area (Å²) < 4.78 is 44.7. The Morgan fingerprint density at radius 2 is 2.21 bits per heavy atom. The molecule has 3 heterocycles. The van der Waals surface area contributed by atoms with Crippen LogP contribution in [0.1, 0.15) is 6.42 Å². The number of methoxy groups -OCH3 is 1. The van der Waals surface area contributed by atoms with Gasteiger partial charge in [0.1, 0.15) is 18.7 Å². The first kappa shape index (κ1) is 16.4. The van der Waals surface area contributed by atoms with Crippen molar-refractivity contribution in [3.8, 4) is 0 Å². The standard InChI is InChI=1S/C13H14F3N5O3/c1-24-9(22)5-21-11-8(4-19-21)10(17-7-18-11)20-3-2-12(23,6-20)13(14,15)16/h4,7,23H,2-3,5-6H2,1H3/t12-/m1/s1. The fourth-order valence-electron chi connectivity index (χ4n) is 2.64. The number of halogens is 3. The van der Waals surface area contributed by atoms with Crippen LogP contribution in [-0.4, -0.2) is 62.8 Å². The summed E-state index contributed by atoms with van der Waals surface area (Å²) in [6.45, 7) is -0.807. The zero-order valence-corrected chi connectivity index (χ0v) is 12.6. The zero-order chi connectivity index (χ0) is 17.5. The van der Waals surface area contributed by atoms with Crippen LogP contribution in [0.25, 0.3) is 11.0 Å². The van der Waals surface area contributed by atoms with Crippen molar-refractivity contribution in [2.45, 2.75) is 24.7 Å². The SMILES string of the molecule is COC(=O)Cn1ncc2c(N3CC[C@](O)(C(F)(F)F)C3)ncnc21. The summed E-state index contributed by atoms with van der Waals surface area (Å²) in [7, 11) is 1.23. The topological polar surface area (TPSA) is 93.4 Å². The lowest BCUT2D eigenvalue weighted by Gasteiger charge is -2.26. The molecule has 0 amide bonds. The van der Waals surface area contributed by atoms with Gasteiger partial charge < -0.3 is 14.7 Å². The maximum absolute atomic E-state index is 13.0. The van der Waals surface area contributed by atoms with Crippen LogP contribution in [0.4, 0.5) is 19.0 Å². The second kappa shape index (κ2) is 5.58. The number of hydrogen-bond donors (Lipinski definition) is 1. The predicted octanol–water partition coefficient (Wildman–Crippen LogP) is 0.503. The van der Waals surface area contributed by atoms with Gasteiger partial charge >= 0.3 is 12.1 Å². The van der Waals surface area contributed by atoms with Crippen molar-refractivity contribution < 1.29 is 27.8 Å². The number of alkyl halides is 3. The van der Waals surface area contributed by atoms with E-state index in [9.17, 15) is 23.1 Å². The molecule has 8 nitrogen and oxygen atoms in total. The quantitative estimate of drug-likeness (QED) is 0.810. The highest BCUT2D eigenvalue weighted by Crippen LogP contribution is 2.39. The number of fused-ring (bicyclic) bond motifs is 1. The van der Waals surface area contributed by atoms with Crippen molar-refractivity contribution in [1.82, 2.24) is 19.7 Å². The van der Waals surface area contributed by atoms with Crippen LogP contribution in [0.15, 0.2) is 12.5 Å². The van der Waals surface area contributed by atoms with E-state index in [1.54, 1.807) is 0 Å². The maximum atomic E-state index is 13.0. The first-order valence-corrected chi connectivity index (χ1v) is 7.02. The zero-order valence-electron chi connectivity index (χ0n) is 12.6. The molecular formula is C13H14F3N5O3. The molecule has 0 spiro atoms. The molecule has 0 aliphatic carbocycles. The molecule has 1 aliphatic rings. The highest BCUT2D eigenvalue weighted by atomic mass is 19.4. The van der Waals surface area contributed by atoms with E-state index in [1.807, 2.05) is 0 Å². The Bertz CT molecular complexity index is 778. The maximum Gasteiger partial charge on any atom is 0.418 e. The van der Waals surface area contributed by atoms with Crippen molar-refractivity contribution in [2.75, 3.05) is 25.1 Å². The average molecular weight is 345 g/mol. The van der Waals surface area contributed by atoms with Gasteiger partial charge in [-0.2, -0.15) is 18.3 Å². The van der Waals surface area contributed by atoms with Crippen molar-refractivity contribution in [1.29, 1.82) is 0 Å². The molecule has 1 N–H and O–H groups in total. The predicted molar refractivity (Wildman–Crippen MR) is 75.2 cm³/mol. The molecule has 3 rings (SSSR count). The van der Waals surface area contributed by atoms with E-state index in [2.05, 4.69) is 19.8 Å². The van der Waals surface area contributed by atoms with Gasteiger partial charge in [0.2, 0.25) is 0 Å². The Balaban J connectivity index is 1.93. The molecule has 0 aromatic carbocycles. The van der Waals surface area contributed by atoms with E-state index in [-0.39, 0.29) is 18.9 Å². The van der Waals surface area contributed by atoms with Gasteiger partial charge in [0.25, 0.3) is 0 Å². The molecule has 0 saturated carbocycles. The van der Waals surface area contributed by atoms with Crippen LogP contribution < -0.4 is 4.90 Å². The third-order valence-corrected chi connectivity index (χ3v) is 3.99. The van der Waals surface area contributed by atoms with Crippen LogP contribution in [0.5, 0.6) is 0 Å². The summed E-state index contributed by atoms with van der Waals surface area (Å²) >= 11 is 0. The van der Waals surface area contributed by atoms with Crippen LogP contribution in [0.3, 0.4) is 0 Å². The van der Waals surface area contributed by atoms with Crippen molar-refractivity contribution in [2.24, 2.45) is 0 Å². The number of aromatic nitrogens is 4. The number of esters is 1. The van der Waals surface area contributed by atoms with E-state index >= 15 is 0 Å². The number of anilines is 1. The van der Waals surface area contributed by atoms with E-state index in [4.69, 9.17) is 0 Å². The molecule has 0 unspecified atom stereocenters. The molecule has 1 atom stereocenters. The van der Waals surface area contributed by atoms with Crippen LogP contribution in [0.2, 0.25) is 0 Å². The van der Waals surface area contributed by atoms with Crippen LogP contribution >= 0.6 is 0 Å². The molecule has 1 fully saturated rings. The van der Waals surface area contributed by atoms with Crippen LogP contribution in [-0.2, 0) is 16.1 Å². The first-order valence-electron chi connectivity index (χ1n) is 7.02. The summed E-state index contributed by atoms with van der Waals surface area (Å²) in [5, 5.41) is 14.2. The minimum Gasteiger partial charge on any atom is -0.468 e. The summed E-state index contributed by atoms with van der Waals surface area (Å²) in [4.78, 5) is 20.7. The molecule has 2 aromatic heterocycles. The monoisotopic (exact) mass is 345 g/mol. The Kier molecular flexibility index (Phi) is 3.82. The van der Waals surface area contributed by atoms with E-state index in [1.165, 1.54) is 29.2 Å². The minimum atomic E-state index is -4.72. The first-order chi connectivity index (χ1) is 11.2. The van der Waals surface area contributed by atoms with E-state index in [0.717, 1.165) is 0 Å². The number of ether oxygens (including phenoxy) is 1. The average Bonchev–Trinajstić information content (AvgIpc) is 3.11. The lowest BCUT2D eigenvalue weighted by molar-refractivity contribution is -0.250. The number of β-amino-alcohol motifs (C(OH)–C–C–N with tert-alkyl or cyclic N) is 1. The molecule has 11 heteroatoms. The third kappa shape index (κ3) is 2.64. The molecule has 2 aromatic rings. The van der Waals surface area contributed by atoms with Gasteiger partial charge in [-0.3, -0.25) is 4.79 Å². The highest BCUT2D eigenvalue weighted by Gasteiger charge is 2.57. The third-order valence-electron chi connectivity index (χ3n) is 3.99. The smallest absolute Gasteiger partial charge is 0.418 e. The molecule has 24 heavy (non-hydrogen) atoms. The van der Waals surface area contributed by atoms with E-state index in [0.29, 0.717) is 11.0 Å². The van der Waals surface area contributed by atoms with Gasteiger partial charge in [-0.15, -0.1) is 0 Å². The summed E-state index contributed by atoms with van der Waals surface area (Å²) in [6.07, 6.45) is -2.61. The fraction of sp³-hybridized carbons (Fsp3) is 0.538. The van der Waals surface area contributed by atoms with Crippen molar-refractivity contribution in [3.63, 3.8) is 0 Å². The number of nitrogens with zero attached hydrogens (tertiary/aromatic N) is 5. The molecular weight excluding hydrogens is 331 g/mol. The van der Waals surface area contributed by atoms with Gasteiger partial charge in [-0.25, -0.2) is 14.6 Å². The van der Waals surface area contributed by atoms with Crippen molar-refractivity contribution in [3.05, 3.63) is 12.5 Å². The van der Waals surface area contributed by atoms with Gasteiger partial charge in [0, 0.05) is 13.0 Å². The van der Waals surface area contributed by atoms with Gasteiger partial charge in [-0.1, -0.05) is 0 Å². The number of rotatable bonds is 3. The Hall–Kier alpha value is -2.43. The van der Waals surface area contributed by atoms with Gasteiger partial charge in [0.15, 0.2) is 11.2 Å². The van der Waals surface area contributed by atoms with Gasteiger partial charge in [0.05, 0.1) is 25.2 Å². The fourth-order valence-corrected chi connectivity index (χ4v) is 2.64. The number of carbonyl (C=O) groups is 1. The second-order valence-electron chi connectivity index (χ2n) is 5.51. The molecule has 0 bridgehead atoms. The Morgan fingerprint density at radius 3 is 2.83 bits per heavy atom. The molecule has 1 aliphatic heterocycles. The Labute approximate surface area is 133 Å². The normalized spacial score (nSPS) is 21.5. The Morgan fingerprint density at radius 1 is 1.46 bits per heavy atom. The lowest BCUT2D eigenvalue weighted by atomic mass is 10.0. The molecule has 130 valence electrons. The largest absolute Gasteiger partial charge is 0.468 e. The van der Waals surface area contributed by atoms with E-state index < -0.39 is 30.7 Å². The summed E-state index contributed by atoms with van der Waals surface area (Å²) in [5.41, 5.74) is -2.47.